The SMILES string of the molecule is CC1(C)CCC(CC(C(=O)O)c2ccccc2)O1. The summed E-state index contributed by atoms with van der Waals surface area (Å²) in [5, 5.41) is 9.36. The largest absolute Gasteiger partial charge is 0.481 e. The maximum absolute atomic E-state index is 11.4. The normalized spacial score (nSPS) is 23.8. The lowest BCUT2D eigenvalue weighted by atomic mass is 9.92. The van der Waals surface area contributed by atoms with Crippen LogP contribution in [0.25, 0.3) is 0 Å². The molecule has 0 aliphatic carbocycles. The highest BCUT2D eigenvalue weighted by Crippen LogP contribution is 2.34. The molecule has 0 radical (unpaired) electrons. The van der Waals surface area contributed by atoms with Crippen LogP contribution in [-0.4, -0.2) is 22.8 Å². The van der Waals surface area contributed by atoms with E-state index in [1.165, 1.54) is 0 Å². The van der Waals surface area contributed by atoms with Gasteiger partial charge in [-0.25, -0.2) is 0 Å². The number of ether oxygens (including phenoxy) is 1. The van der Waals surface area contributed by atoms with E-state index in [1.54, 1.807) is 0 Å². The minimum atomic E-state index is -0.769. The zero-order valence-electron chi connectivity index (χ0n) is 10.9. The Morgan fingerprint density at radius 3 is 2.61 bits per heavy atom. The smallest absolute Gasteiger partial charge is 0.311 e. The Balaban J connectivity index is 2.07. The van der Waals surface area contributed by atoms with Gasteiger partial charge >= 0.3 is 5.97 Å². The number of hydrogen-bond donors (Lipinski definition) is 1. The van der Waals surface area contributed by atoms with Crippen LogP contribution in [0.1, 0.15) is 44.6 Å². The van der Waals surface area contributed by atoms with Crippen LogP contribution in [0.5, 0.6) is 0 Å². The van der Waals surface area contributed by atoms with Crippen molar-refractivity contribution in [3.8, 4) is 0 Å². The maximum atomic E-state index is 11.4. The maximum Gasteiger partial charge on any atom is 0.311 e. The van der Waals surface area contributed by atoms with Crippen LogP contribution in [0.15, 0.2) is 30.3 Å². The van der Waals surface area contributed by atoms with E-state index in [-0.39, 0.29) is 11.7 Å². The average Bonchev–Trinajstić information content (AvgIpc) is 2.66. The molecular weight excluding hydrogens is 228 g/mol. The zero-order valence-corrected chi connectivity index (χ0v) is 10.9. The third-order valence-corrected chi connectivity index (χ3v) is 3.55. The summed E-state index contributed by atoms with van der Waals surface area (Å²) >= 11 is 0. The minimum absolute atomic E-state index is 0.0568. The van der Waals surface area contributed by atoms with Crippen molar-refractivity contribution in [2.75, 3.05) is 0 Å². The first-order chi connectivity index (χ1) is 8.48. The van der Waals surface area contributed by atoms with Crippen molar-refractivity contribution >= 4 is 5.97 Å². The number of rotatable bonds is 4. The second kappa shape index (κ2) is 5.11. The molecule has 1 heterocycles. The first-order valence-electron chi connectivity index (χ1n) is 6.43. The van der Waals surface area contributed by atoms with Gasteiger partial charge in [0.15, 0.2) is 0 Å². The molecule has 0 spiro atoms. The Hall–Kier alpha value is -1.35. The predicted octanol–water partition coefficient (Wildman–Crippen LogP) is 3.20. The lowest BCUT2D eigenvalue weighted by molar-refractivity contribution is -0.140. The van der Waals surface area contributed by atoms with Gasteiger partial charge in [-0.2, -0.15) is 0 Å². The molecule has 98 valence electrons. The van der Waals surface area contributed by atoms with Crippen molar-refractivity contribution in [2.45, 2.75) is 50.7 Å². The topological polar surface area (TPSA) is 46.5 Å². The fourth-order valence-electron chi connectivity index (χ4n) is 2.57. The lowest BCUT2D eigenvalue weighted by Crippen LogP contribution is -2.23. The number of carbonyl (C=O) groups is 1. The Labute approximate surface area is 108 Å². The first kappa shape index (κ1) is 13.1. The van der Waals surface area contributed by atoms with Crippen LogP contribution in [0.2, 0.25) is 0 Å². The van der Waals surface area contributed by atoms with Crippen molar-refractivity contribution in [1.29, 1.82) is 0 Å². The van der Waals surface area contributed by atoms with Gasteiger partial charge in [-0.3, -0.25) is 4.79 Å². The molecule has 3 nitrogen and oxygen atoms in total. The molecule has 1 aromatic rings. The molecule has 18 heavy (non-hydrogen) atoms. The van der Waals surface area contributed by atoms with Gasteiger partial charge in [0.1, 0.15) is 0 Å². The van der Waals surface area contributed by atoms with E-state index in [9.17, 15) is 9.90 Å². The van der Waals surface area contributed by atoms with Gasteiger partial charge in [0, 0.05) is 0 Å². The second-order valence-corrected chi connectivity index (χ2v) is 5.58. The Morgan fingerprint density at radius 2 is 2.11 bits per heavy atom. The van der Waals surface area contributed by atoms with Crippen molar-refractivity contribution in [3.05, 3.63) is 35.9 Å². The highest BCUT2D eigenvalue weighted by atomic mass is 16.5. The monoisotopic (exact) mass is 248 g/mol. The summed E-state index contributed by atoms with van der Waals surface area (Å²) in [5.41, 5.74) is 0.753. The number of carboxylic acids is 1. The first-order valence-corrected chi connectivity index (χ1v) is 6.43. The molecule has 3 heteroatoms. The van der Waals surface area contributed by atoms with Crippen LogP contribution >= 0.6 is 0 Å². The Kier molecular flexibility index (Phi) is 3.71. The van der Waals surface area contributed by atoms with Gasteiger partial charge < -0.3 is 9.84 Å². The minimum Gasteiger partial charge on any atom is -0.481 e. The average molecular weight is 248 g/mol. The Morgan fingerprint density at radius 1 is 1.44 bits per heavy atom. The predicted molar refractivity (Wildman–Crippen MR) is 69.6 cm³/mol. The van der Waals surface area contributed by atoms with Crippen LogP contribution < -0.4 is 0 Å². The molecule has 0 saturated carbocycles. The van der Waals surface area contributed by atoms with Crippen molar-refractivity contribution in [1.82, 2.24) is 0 Å². The molecule has 0 bridgehead atoms. The van der Waals surface area contributed by atoms with E-state index >= 15 is 0 Å². The van der Waals surface area contributed by atoms with E-state index in [2.05, 4.69) is 13.8 Å². The van der Waals surface area contributed by atoms with Crippen LogP contribution in [0, 0.1) is 0 Å². The molecule has 0 amide bonds. The number of aliphatic carboxylic acids is 1. The van der Waals surface area contributed by atoms with Gasteiger partial charge in [-0.15, -0.1) is 0 Å². The van der Waals surface area contributed by atoms with Gasteiger partial charge in [0.2, 0.25) is 0 Å². The molecule has 1 aliphatic rings. The summed E-state index contributed by atoms with van der Waals surface area (Å²) in [6.07, 6.45) is 2.56. The van der Waals surface area contributed by atoms with Gasteiger partial charge in [0.25, 0.3) is 0 Å². The number of benzene rings is 1. The van der Waals surface area contributed by atoms with Crippen molar-refractivity contribution in [3.63, 3.8) is 0 Å². The molecule has 1 saturated heterocycles. The Bertz CT molecular complexity index is 411. The molecule has 1 N–H and O–H groups in total. The molecule has 1 aromatic carbocycles. The second-order valence-electron chi connectivity index (χ2n) is 5.58. The molecule has 0 aromatic heterocycles. The third-order valence-electron chi connectivity index (χ3n) is 3.55. The van der Waals surface area contributed by atoms with Gasteiger partial charge in [0.05, 0.1) is 17.6 Å². The molecule has 2 rings (SSSR count). The van der Waals surface area contributed by atoms with Crippen molar-refractivity contribution < 1.29 is 14.6 Å². The van der Waals surface area contributed by atoms with Gasteiger partial charge in [-0.05, 0) is 38.7 Å². The van der Waals surface area contributed by atoms with E-state index in [1.807, 2.05) is 30.3 Å². The summed E-state index contributed by atoms with van der Waals surface area (Å²) in [6, 6.07) is 9.41. The molecule has 1 aliphatic heterocycles. The summed E-state index contributed by atoms with van der Waals surface area (Å²) in [6.45, 7) is 4.12. The quantitative estimate of drug-likeness (QED) is 0.890. The summed E-state index contributed by atoms with van der Waals surface area (Å²) in [7, 11) is 0. The van der Waals surface area contributed by atoms with Crippen LogP contribution in [0.3, 0.4) is 0 Å². The zero-order chi connectivity index (χ0) is 13.2. The highest BCUT2D eigenvalue weighted by molar-refractivity contribution is 5.76. The number of hydrogen-bond acceptors (Lipinski definition) is 2. The standard InChI is InChI=1S/C15H20O3/c1-15(2)9-8-12(18-15)10-13(14(16)17)11-6-4-3-5-7-11/h3-7,12-13H,8-10H2,1-2H3,(H,16,17). The summed E-state index contributed by atoms with van der Waals surface area (Å²) < 4.78 is 5.89. The summed E-state index contributed by atoms with van der Waals surface area (Å²) in [4.78, 5) is 11.4. The van der Waals surface area contributed by atoms with Crippen LogP contribution in [-0.2, 0) is 9.53 Å². The third kappa shape index (κ3) is 3.10. The van der Waals surface area contributed by atoms with E-state index in [0.29, 0.717) is 6.42 Å². The fourth-order valence-corrected chi connectivity index (χ4v) is 2.57. The summed E-state index contributed by atoms with van der Waals surface area (Å²) in [5.74, 6) is -1.24. The lowest BCUT2D eigenvalue weighted by Gasteiger charge is -2.21. The van der Waals surface area contributed by atoms with Crippen molar-refractivity contribution in [2.24, 2.45) is 0 Å². The number of carboxylic acid groups (broad SMARTS) is 1. The van der Waals surface area contributed by atoms with E-state index < -0.39 is 11.9 Å². The molecule has 2 atom stereocenters. The molecular formula is C15H20O3. The van der Waals surface area contributed by atoms with E-state index in [0.717, 1.165) is 18.4 Å². The molecule has 1 fully saturated rings. The molecule has 2 unspecified atom stereocenters. The highest BCUT2D eigenvalue weighted by Gasteiger charge is 2.34. The van der Waals surface area contributed by atoms with Gasteiger partial charge in [-0.1, -0.05) is 30.3 Å². The fraction of sp³-hybridized carbons (Fsp3) is 0.533. The van der Waals surface area contributed by atoms with Crippen LogP contribution in [0.4, 0.5) is 0 Å². The van der Waals surface area contributed by atoms with E-state index in [4.69, 9.17) is 4.74 Å².